The fraction of sp³-hybridized carbons (Fsp3) is 0.182. The van der Waals surface area contributed by atoms with E-state index < -0.39 is 10.9 Å². The summed E-state index contributed by atoms with van der Waals surface area (Å²) in [7, 11) is 1.21. The molecule has 0 atom stereocenters. The molecule has 0 unspecified atom stereocenters. The molecule has 0 N–H and O–H groups in total. The van der Waals surface area contributed by atoms with Gasteiger partial charge in [-0.1, -0.05) is 11.8 Å². The lowest BCUT2D eigenvalue weighted by Gasteiger charge is -2.00. The molecule has 0 spiro atoms. The summed E-state index contributed by atoms with van der Waals surface area (Å²) in [6.07, 6.45) is 0. The number of methoxy groups -OCH3 is 1. The molecule has 0 radical (unpaired) electrons. The highest BCUT2D eigenvalue weighted by atomic mass is 32.1. The summed E-state index contributed by atoms with van der Waals surface area (Å²) in [5.74, 6) is 5.02. The molecule has 5 nitrogen and oxygen atoms in total. The van der Waals surface area contributed by atoms with E-state index in [1.165, 1.54) is 19.2 Å². The number of carbonyl (C=O) groups is 1. The molecular formula is C11H9NO4S. The molecule has 0 saturated carbocycles. The smallest absolute Gasteiger partial charge is 0.338 e. The minimum Gasteiger partial charge on any atom is -0.465 e. The monoisotopic (exact) mass is 251 g/mol. The van der Waals surface area contributed by atoms with Crippen molar-refractivity contribution in [3.05, 3.63) is 39.4 Å². The maximum absolute atomic E-state index is 11.3. The van der Waals surface area contributed by atoms with E-state index in [9.17, 15) is 14.9 Å². The van der Waals surface area contributed by atoms with E-state index in [1.54, 1.807) is 0 Å². The average Bonchev–Trinajstić information content (AvgIpc) is 2.34. The number of nitrogens with zero attached hydrogens (tertiary/aromatic N) is 1. The topological polar surface area (TPSA) is 69.4 Å². The minimum absolute atomic E-state index is 0.102. The third kappa shape index (κ3) is 3.50. The molecule has 0 bridgehead atoms. The van der Waals surface area contributed by atoms with Crippen molar-refractivity contribution in [3.63, 3.8) is 0 Å². The summed E-state index contributed by atoms with van der Waals surface area (Å²) >= 11 is 3.90. The zero-order chi connectivity index (χ0) is 12.8. The second kappa shape index (κ2) is 5.92. The molecule has 0 heterocycles. The number of thiol groups is 1. The van der Waals surface area contributed by atoms with Gasteiger partial charge in [0, 0.05) is 17.7 Å². The van der Waals surface area contributed by atoms with Crippen molar-refractivity contribution in [2.24, 2.45) is 0 Å². The van der Waals surface area contributed by atoms with Gasteiger partial charge in [-0.05, 0) is 6.07 Å². The number of benzene rings is 1. The maximum atomic E-state index is 11.3. The van der Waals surface area contributed by atoms with Crippen LogP contribution >= 0.6 is 12.6 Å². The summed E-state index contributed by atoms with van der Waals surface area (Å²) in [4.78, 5) is 21.4. The Hall–Kier alpha value is -2.00. The number of hydrogen-bond donors (Lipinski definition) is 1. The molecule has 0 aliphatic rings. The molecule has 1 aromatic carbocycles. The molecule has 6 heteroatoms. The average molecular weight is 251 g/mol. The van der Waals surface area contributed by atoms with Crippen LogP contribution in [0.2, 0.25) is 0 Å². The van der Waals surface area contributed by atoms with Gasteiger partial charge in [0.15, 0.2) is 0 Å². The van der Waals surface area contributed by atoms with Crippen LogP contribution in [-0.4, -0.2) is 23.8 Å². The van der Waals surface area contributed by atoms with Crippen molar-refractivity contribution in [3.8, 4) is 11.8 Å². The van der Waals surface area contributed by atoms with Gasteiger partial charge in [-0.25, -0.2) is 4.79 Å². The van der Waals surface area contributed by atoms with Crippen molar-refractivity contribution < 1.29 is 14.5 Å². The largest absolute Gasteiger partial charge is 0.465 e. The number of hydrogen-bond acceptors (Lipinski definition) is 5. The van der Waals surface area contributed by atoms with E-state index in [-0.39, 0.29) is 11.3 Å². The Morgan fingerprint density at radius 1 is 1.53 bits per heavy atom. The lowest BCUT2D eigenvalue weighted by atomic mass is 10.1. The zero-order valence-corrected chi connectivity index (χ0v) is 9.86. The molecule has 0 aliphatic carbocycles. The fourth-order valence-corrected chi connectivity index (χ4v) is 1.25. The van der Waals surface area contributed by atoms with Gasteiger partial charge in [-0.3, -0.25) is 10.1 Å². The summed E-state index contributed by atoms with van der Waals surface area (Å²) in [6.45, 7) is 0. The summed E-state index contributed by atoms with van der Waals surface area (Å²) in [6, 6.07) is 3.88. The first-order valence-electron chi connectivity index (χ1n) is 4.56. The van der Waals surface area contributed by atoms with Crippen LogP contribution in [0.25, 0.3) is 0 Å². The van der Waals surface area contributed by atoms with Crippen LogP contribution in [0.3, 0.4) is 0 Å². The van der Waals surface area contributed by atoms with Crippen molar-refractivity contribution in [2.45, 2.75) is 0 Å². The van der Waals surface area contributed by atoms with Gasteiger partial charge in [0.05, 0.1) is 23.3 Å². The number of nitro benzene ring substituents is 1. The lowest BCUT2D eigenvalue weighted by molar-refractivity contribution is -0.384. The Morgan fingerprint density at radius 3 is 2.76 bits per heavy atom. The third-order valence-electron chi connectivity index (χ3n) is 1.86. The summed E-state index contributed by atoms with van der Waals surface area (Å²) < 4.78 is 4.51. The van der Waals surface area contributed by atoms with Crippen LogP contribution in [0.1, 0.15) is 15.9 Å². The van der Waals surface area contributed by atoms with Gasteiger partial charge < -0.3 is 4.74 Å². The Balaban J connectivity index is 3.28. The van der Waals surface area contributed by atoms with Crippen LogP contribution in [0.4, 0.5) is 5.69 Å². The van der Waals surface area contributed by atoms with Gasteiger partial charge >= 0.3 is 5.97 Å². The number of nitro groups is 1. The van der Waals surface area contributed by atoms with Crippen molar-refractivity contribution in [1.82, 2.24) is 0 Å². The normalized spacial score (nSPS) is 9.06. The molecule has 0 saturated heterocycles. The number of non-ortho nitro benzene ring substituents is 1. The number of esters is 1. The highest BCUT2D eigenvalue weighted by Crippen LogP contribution is 2.17. The van der Waals surface area contributed by atoms with Crippen molar-refractivity contribution in [1.29, 1.82) is 0 Å². The van der Waals surface area contributed by atoms with Gasteiger partial charge in [-0.2, -0.15) is 12.6 Å². The van der Waals surface area contributed by atoms with Gasteiger partial charge in [-0.15, -0.1) is 0 Å². The Morgan fingerprint density at radius 2 is 2.24 bits per heavy atom. The number of rotatable bonds is 2. The van der Waals surface area contributed by atoms with Crippen molar-refractivity contribution in [2.75, 3.05) is 12.9 Å². The number of carbonyl (C=O) groups excluding carboxylic acids is 1. The van der Waals surface area contributed by atoms with E-state index >= 15 is 0 Å². The van der Waals surface area contributed by atoms with Crippen LogP contribution in [-0.2, 0) is 4.74 Å². The Labute approximate surface area is 103 Å². The predicted octanol–water partition coefficient (Wildman–Crippen LogP) is 1.66. The predicted molar refractivity (Wildman–Crippen MR) is 65.2 cm³/mol. The second-order valence-corrected chi connectivity index (χ2v) is 3.29. The second-order valence-electron chi connectivity index (χ2n) is 2.98. The molecule has 0 amide bonds. The maximum Gasteiger partial charge on any atom is 0.338 e. The Bertz CT molecular complexity index is 516. The van der Waals surface area contributed by atoms with E-state index in [0.29, 0.717) is 11.3 Å². The first-order valence-corrected chi connectivity index (χ1v) is 5.19. The summed E-state index contributed by atoms with van der Waals surface area (Å²) in [5.41, 5.74) is 0.287. The van der Waals surface area contributed by atoms with Gasteiger partial charge in [0.1, 0.15) is 0 Å². The van der Waals surface area contributed by atoms with Crippen LogP contribution in [0.15, 0.2) is 18.2 Å². The van der Waals surface area contributed by atoms with E-state index in [0.717, 1.165) is 6.07 Å². The summed E-state index contributed by atoms with van der Waals surface area (Å²) in [5, 5.41) is 10.7. The van der Waals surface area contributed by atoms with Crippen LogP contribution in [0.5, 0.6) is 0 Å². The standard InChI is InChI=1S/C11H9NO4S/c1-16-11(13)9-5-8(3-2-4-17)6-10(7-9)12(14)15/h5-7,17H,4H2,1H3. The fourth-order valence-electron chi connectivity index (χ4n) is 1.17. The first-order chi connectivity index (χ1) is 8.08. The molecule has 1 rings (SSSR count). The highest BCUT2D eigenvalue weighted by molar-refractivity contribution is 7.80. The number of ether oxygens (including phenoxy) is 1. The molecule has 0 aliphatic heterocycles. The van der Waals surface area contributed by atoms with E-state index in [2.05, 4.69) is 29.2 Å². The lowest BCUT2D eigenvalue weighted by Crippen LogP contribution is -2.03. The third-order valence-corrected chi connectivity index (χ3v) is 2.02. The molecule has 17 heavy (non-hydrogen) atoms. The first kappa shape index (κ1) is 13.1. The molecule has 1 aromatic rings. The van der Waals surface area contributed by atoms with Gasteiger partial charge in [0.2, 0.25) is 0 Å². The van der Waals surface area contributed by atoms with Crippen LogP contribution in [0, 0.1) is 22.0 Å². The van der Waals surface area contributed by atoms with E-state index in [4.69, 9.17) is 0 Å². The molecule has 88 valence electrons. The Kier molecular flexibility index (Phi) is 4.55. The van der Waals surface area contributed by atoms with Gasteiger partial charge in [0.25, 0.3) is 5.69 Å². The zero-order valence-electron chi connectivity index (χ0n) is 8.97. The van der Waals surface area contributed by atoms with E-state index in [1.807, 2.05) is 0 Å². The van der Waals surface area contributed by atoms with Crippen LogP contribution < -0.4 is 0 Å². The minimum atomic E-state index is -0.636. The molecule has 0 aromatic heterocycles. The highest BCUT2D eigenvalue weighted by Gasteiger charge is 2.13. The SMILES string of the molecule is COC(=O)c1cc(C#CCS)cc([N+](=O)[O-])c1. The quantitative estimate of drug-likeness (QED) is 0.285. The van der Waals surface area contributed by atoms with Crippen molar-refractivity contribution >= 4 is 24.3 Å². The molecular weight excluding hydrogens is 242 g/mol. The molecule has 0 fully saturated rings.